The molecule has 0 saturated carbocycles. The first-order chi connectivity index (χ1) is 12.8. The highest BCUT2D eigenvalue weighted by atomic mass is 32.2. The summed E-state index contributed by atoms with van der Waals surface area (Å²) in [4.78, 5) is 15.8. The first kappa shape index (κ1) is 17.4. The third-order valence-corrected chi connectivity index (χ3v) is 5.94. The average Bonchev–Trinajstić information content (AvgIpc) is 2.93. The summed E-state index contributed by atoms with van der Waals surface area (Å²) in [6, 6.07) is 12.9. The van der Waals surface area contributed by atoms with Gasteiger partial charge in [0.1, 0.15) is 11.4 Å². The second kappa shape index (κ2) is 6.33. The predicted octanol–water partition coefficient (Wildman–Crippen LogP) is 2.47. The number of aryl methyl sites for hydroxylation is 2. The average molecular weight is 383 g/mol. The zero-order chi connectivity index (χ0) is 19.2. The lowest BCUT2D eigenvalue weighted by Gasteiger charge is -2.08. The van der Waals surface area contributed by atoms with Gasteiger partial charge in [0.15, 0.2) is 0 Å². The summed E-state index contributed by atoms with van der Waals surface area (Å²) in [7, 11) is -1.77. The molecular weight excluding hydrogens is 366 g/mol. The molecule has 8 heteroatoms. The number of aromatic nitrogens is 2. The van der Waals surface area contributed by atoms with E-state index in [1.165, 1.54) is 30.3 Å². The number of nitrogens with one attached hydrogen (secondary N) is 1. The van der Waals surface area contributed by atoms with Crippen LogP contribution in [0.1, 0.15) is 11.4 Å². The molecule has 0 amide bonds. The molecule has 0 aliphatic carbocycles. The molecule has 4 aromatic rings. The monoisotopic (exact) mass is 383 g/mol. The van der Waals surface area contributed by atoms with Crippen molar-refractivity contribution in [2.24, 2.45) is 7.05 Å². The maximum Gasteiger partial charge on any atom is 0.336 e. The topological polar surface area (TPSA) is 94.2 Å². The third kappa shape index (κ3) is 3.24. The number of fused-ring (bicyclic) bond motifs is 2. The lowest BCUT2D eigenvalue weighted by atomic mass is 10.2. The standard InChI is InChI=1S/C19H17N3O4S/c1-12-21-16-9-13(3-6-17(16)22(12)2)11-20-27(24,25)15-5-7-18-14(10-15)4-8-19(23)26-18/h3-10,20H,11H2,1-2H3. The molecular formula is C19H17N3O4S. The predicted molar refractivity (Wildman–Crippen MR) is 102 cm³/mol. The minimum Gasteiger partial charge on any atom is -0.423 e. The summed E-state index contributed by atoms with van der Waals surface area (Å²) in [5.41, 5.74) is 2.51. The van der Waals surface area contributed by atoms with Crippen molar-refractivity contribution < 1.29 is 12.8 Å². The van der Waals surface area contributed by atoms with E-state index in [2.05, 4.69) is 9.71 Å². The molecule has 0 fully saturated rings. The van der Waals surface area contributed by atoms with Gasteiger partial charge in [-0.25, -0.2) is 22.9 Å². The highest BCUT2D eigenvalue weighted by Crippen LogP contribution is 2.19. The minimum absolute atomic E-state index is 0.110. The van der Waals surface area contributed by atoms with Crippen LogP contribution >= 0.6 is 0 Å². The molecule has 2 aromatic heterocycles. The summed E-state index contributed by atoms with van der Waals surface area (Å²) < 4.78 is 34.8. The van der Waals surface area contributed by atoms with Crippen LogP contribution in [0.3, 0.4) is 0 Å². The van der Waals surface area contributed by atoms with E-state index in [0.29, 0.717) is 11.0 Å². The van der Waals surface area contributed by atoms with Crippen LogP contribution in [0.15, 0.2) is 62.6 Å². The van der Waals surface area contributed by atoms with Gasteiger partial charge in [0.2, 0.25) is 10.0 Å². The van der Waals surface area contributed by atoms with Crippen molar-refractivity contribution in [2.75, 3.05) is 0 Å². The Morgan fingerprint density at radius 3 is 2.74 bits per heavy atom. The molecule has 0 atom stereocenters. The van der Waals surface area contributed by atoms with Crippen molar-refractivity contribution >= 4 is 32.0 Å². The van der Waals surface area contributed by atoms with E-state index in [4.69, 9.17) is 4.42 Å². The van der Waals surface area contributed by atoms with E-state index in [0.717, 1.165) is 22.4 Å². The fourth-order valence-electron chi connectivity index (χ4n) is 2.95. The fraction of sp³-hybridized carbons (Fsp3) is 0.158. The van der Waals surface area contributed by atoms with Crippen LogP contribution in [0.4, 0.5) is 0 Å². The van der Waals surface area contributed by atoms with Gasteiger partial charge in [-0.05, 0) is 48.9 Å². The molecule has 0 saturated heterocycles. The number of sulfonamides is 1. The Bertz CT molecular complexity index is 1340. The van der Waals surface area contributed by atoms with Crippen LogP contribution in [-0.4, -0.2) is 18.0 Å². The van der Waals surface area contributed by atoms with Crippen molar-refractivity contribution in [1.29, 1.82) is 0 Å². The van der Waals surface area contributed by atoms with Gasteiger partial charge < -0.3 is 8.98 Å². The normalized spacial score (nSPS) is 12.1. The van der Waals surface area contributed by atoms with Crippen molar-refractivity contribution in [3.05, 3.63) is 70.3 Å². The Morgan fingerprint density at radius 1 is 1.11 bits per heavy atom. The van der Waals surface area contributed by atoms with E-state index in [1.54, 1.807) is 0 Å². The van der Waals surface area contributed by atoms with Gasteiger partial charge in [0, 0.05) is 25.0 Å². The molecule has 27 heavy (non-hydrogen) atoms. The van der Waals surface area contributed by atoms with E-state index in [-0.39, 0.29) is 11.4 Å². The maximum atomic E-state index is 12.6. The van der Waals surface area contributed by atoms with Crippen molar-refractivity contribution in [1.82, 2.24) is 14.3 Å². The van der Waals surface area contributed by atoms with Gasteiger partial charge in [-0.15, -0.1) is 0 Å². The molecule has 0 bridgehead atoms. The van der Waals surface area contributed by atoms with E-state index in [1.807, 2.05) is 36.7 Å². The summed E-state index contributed by atoms with van der Waals surface area (Å²) >= 11 is 0. The van der Waals surface area contributed by atoms with Crippen molar-refractivity contribution in [3.63, 3.8) is 0 Å². The molecule has 138 valence electrons. The molecule has 0 unspecified atom stereocenters. The summed E-state index contributed by atoms with van der Waals surface area (Å²) in [6.07, 6.45) is 0. The lowest BCUT2D eigenvalue weighted by molar-refractivity contribution is 0.560. The summed E-state index contributed by atoms with van der Waals surface area (Å²) in [5, 5.41) is 0.544. The molecule has 0 aliphatic rings. The highest BCUT2D eigenvalue weighted by Gasteiger charge is 2.15. The lowest BCUT2D eigenvalue weighted by Crippen LogP contribution is -2.23. The van der Waals surface area contributed by atoms with Gasteiger partial charge in [-0.1, -0.05) is 6.07 Å². The SMILES string of the molecule is Cc1nc2cc(CNS(=O)(=O)c3ccc4oc(=O)ccc4c3)ccc2n1C. The minimum atomic E-state index is -3.71. The first-order valence-electron chi connectivity index (χ1n) is 8.29. The Morgan fingerprint density at radius 2 is 1.93 bits per heavy atom. The number of benzene rings is 2. The van der Waals surface area contributed by atoms with Gasteiger partial charge >= 0.3 is 5.63 Å². The van der Waals surface area contributed by atoms with Crippen LogP contribution in [0, 0.1) is 6.92 Å². The molecule has 1 N–H and O–H groups in total. The van der Waals surface area contributed by atoms with Gasteiger partial charge in [-0.2, -0.15) is 0 Å². The quantitative estimate of drug-likeness (QED) is 0.546. The number of hydrogen-bond acceptors (Lipinski definition) is 5. The highest BCUT2D eigenvalue weighted by molar-refractivity contribution is 7.89. The first-order valence-corrected chi connectivity index (χ1v) is 9.77. The largest absolute Gasteiger partial charge is 0.423 e. The summed E-state index contributed by atoms with van der Waals surface area (Å²) in [6.45, 7) is 2.07. The van der Waals surface area contributed by atoms with E-state index < -0.39 is 15.6 Å². The van der Waals surface area contributed by atoms with Gasteiger partial charge in [0.05, 0.1) is 15.9 Å². The van der Waals surface area contributed by atoms with Crippen LogP contribution < -0.4 is 10.3 Å². The molecule has 7 nitrogen and oxygen atoms in total. The number of hydrogen-bond donors (Lipinski definition) is 1. The van der Waals surface area contributed by atoms with Crippen LogP contribution in [0.5, 0.6) is 0 Å². The van der Waals surface area contributed by atoms with Crippen molar-refractivity contribution in [2.45, 2.75) is 18.4 Å². The molecule has 2 heterocycles. The van der Waals surface area contributed by atoms with E-state index >= 15 is 0 Å². The Balaban J connectivity index is 1.60. The Labute approximate surface area is 155 Å². The number of nitrogens with zero attached hydrogens (tertiary/aromatic N) is 2. The smallest absolute Gasteiger partial charge is 0.336 e. The van der Waals surface area contributed by atoms with Gasteiger partial charge in [0.25, 0.3) is 0 Å². The molecule has 0 spiro atoms. The Hall–Kier alpha value is -2.97. The van der Waals surface area contributed by atoms with E-state index in [9.17, 15) is 13.2 Å². The second-order valence-corrected chi connectivity index (χ2v) is 8.09. The maximum absolute atomic E-state index is 12.6. The Kier molecular flexibility index (Phi) is 4.09. The van der Waals surface area contributed by atoms with Crippen LogP contribution in [-0.2, 0) is 23.6 Å². The van der Waals surface area contributed by atoms with Crippen LogP contribution in [0.2, 0.25) is 0 Å². The molecule has 0 aliphatic heterocycles. The molecule has 4 rings (SSSR count). The van der Waals surface area contributed by atoms with Crippen molar-refractivity contribution in [3.8, 4) is 0 Å². The number of imidazole rings is 1. The zero-order valence-electron chi connectivity index (χ0n) is 14.8. The van der Waals surface area contributed by atoms with Crippen LogP contribution in [0.25, 0.3) is 22.0 Å². The fourth-order valence-corrected chi connectivity index (χ4v) is 4.01. The zero-order valence-corrected chi connectivity index (χ0v) is 15.6. The summed E-state index contributed by atoms with van der Waals surface area (Å²) in [5.74, 6) is 0.894. The third-order valence-electron chi connectivity index (χ3n) is 4.54. The number of rotatable bonds is 4. The second-order valence-electron chi connectivity index (χ2n) is 6.32. The van der Waals surface area contributed by atoms with Gasteiger partial charge in [-0.3, -0.25) is 0 Å². The molecule has 0 radical (unpaired) electrons. The molecule has 2 aromatic carbocycles.